The second-order valence-corrected chi connectivity index (χ2v) is 6.81. The Kier molecular flexibility index (Phi) is 5.83. The number of nitrogens with two attached hydrogens (primary N) is 1. The summed E-state index contributed by atoms with van der Waals surface area (Å²) >= 11 is 5.37. The van der Waals surface area contributed by atoms with Crippen LogP contribution in [-0.2, 0) is 6.54 Å². The van der Waals surface area contributed by atoms with Crippen molar-refractivity contribution >= 4 is 33.1 Å². The molecule has 0 aliphatic carbocycles. The van der Waals surface area contributed by atoms with Crippen LogP contribution in [0.2, 0.25) is 0 Å². The Balaban J connectivity index is 1.87. The maximum Gasteiger partial charge on any atom is 0.156 e. The predicted octanol–water partition coefficient (Wildman–Crippen LogP) is 2.15. The van der Waals surface area contributed by atoms with Gasteiger partial charge in [-0.2, -0.15) is 0 Å². The van der Waals surface area contributed by atoms with Crippen molar-refractivity contribution < 1.29 is 5.21 Å². The summed E-state index contributed by atoms with van der Waals surface area (Å²) < 4.78 is 1.20. The smallest absolute Gasteiger partial charge is 0.156 e. The van der Waals surface area contributed by atoms with Crippen molar-refractivity contribution in [3.05, 3.63) is 20.8 Å². The molecular formula is C13H21BrN4OS. The van der Waals surface area contributed by atoms with Gasteiger partial charge in [0.05, 0.1) is 6.04 Å². The molecule has 1 aromatic rings. The molecule has 20 heavy (non-hydrogen) atoms. The number of amidine groups is 1. The monoisotopic (exact) mass is 360 g/mol. The highest BCUT2D eigenvalue weighted by molar-refractivity contribution is 9.10. The standard InChI is InChI=1S/C13H21BrN4OS/c1-2-11(13(15)16-19)18-6-4-17(5-7-18)9-12-10(14)3-8-20-12/h3,8,11,19H,2,4-7,9H2,1H3,(H2,15,16). The molecular weight excluding hydrogens is 340 g/mol. The van der Waals surface area contributed by atoms with Gasteiger partial charge in [0.1, 0.15) is 0 Å². The Morgan fingerprint density at radius 3 is 2.70 bits per heavy atom. The molecule has 0 spiro atoms. The van der Waals surface area contributed by atoms with Crippen molar-refractivity contribution in [1.29, 1.82) is 0 Å². The largest absolute Gasteiger partial charge is 0.409 e. The lowest BCUT2D eigenvalue weighted by molar-refractivity contribution is 0.110. The van der Waals surface area contributed by atoms with Crippen LogP contribution in [0.25, 0.3) is 0 Å². The van der Waals surface area contributed by atoms with Gasteiger partial charge >= 0.3 is 0 Å². The van der Waals surface area contributed by atoms with Crippen LogP contribution in [0.5, 0.6) is 0 Å². The molecule has 1 saturated heterocycles. The first kappa shape index (κ1) is 15.8. The Hall–Kier alpha value is -0.630. The molecule has 0 amide bonds. The third-order valence-corrected chi connectivity index (χ3v) is 5.66. The van der Waals surface area contributed by atoms with Gasteiger partial charge in [-0.1, -0.05) is 12.1 Å². The maximum atomic E-state index is 8.84. The normalized spacial score (nSPS) is 20.2. The molecule has 1 aliphatic heterocycles. The Bertz CT molecular complexity index is 457. The molecule has 1 aliphatic rings. The Labute approximate surface area is 132 Å². The van der Waals surface area contributed by atoms with Crippen LogP contribution < -0.4 is 5.73 Å². The molecule has 1 aromatic heterocycles. The molecule has 0 bridgehead atoms. The lowest BCUT2D eigenvalue weighted by atomic mass is 10.1. The zero-order valence-corrected chi connectivity index (χ0v) is 14.0. The average Bonchev–Trinajstić information content (AvgIpc) is 2.86. The number of thiophene rings is 1. The fraction of sp³-hybridized carbons (Fsp3) is 0.615. The molecule has 1 fully saturated rings. The third-order valence-electron chi connectivity index (χ3n) is 3.75. The Morgan fingerprint density at radius 2 is 2.20 bits per heavy atom. The van der Waals surface area contributed by atoms with Gasteiger partial charge in [0.2, 0.25) is 0 Å². The number of hydrogen-bond acceptors (Lipinski definition) is 5. The minimum absolute atomic E-state index is 0.0515. The van der Waals surface area contributed by atoms with E-state index >= 15 is 0 Å². The van der Waals surface area contributed by atoms with Crippen molar-refractivity contribution in [2.45, 2.75) is 25.9 Å². The summed E-state index contributed by atoms with van der Waals surface area (Å²) in [5.41, 5.74) is 5.76. The van der Waals surface area contributed by atoms with Crippen molar-refractivity contribution in [1.82, 2.24) is 9.80 Å². The zero-order valence-electron chi connectivity index (χ0n) is 11.6. The second-order valence-electron chi connectivity index (χ2n) is 4.95. The quantitative estimate of drug-likeness (QED) is 0.365. The molecule has 2 rings (SSSR count). The van der Waals surface area contributed by atoms with Crippen molar-refractivity contribution in [2.24, 2.45) is 10.9 Å². The number of piperazine rings is 1. The molecule has 1 unspecified atom stereocenters. The SMILES string of the molecule is CCC(C(N)=NO)N1CCN(Cc2sccc2Br)CC1. The van der Waals surface area contributed by atoms with E-state index in [1.165, 1.54) is 9.35 Å². The average molecular weight is 361 g/mol. The molecule has 112 valence electrons. The summed E-state index contributed by atoms with van der Waals surface area (Å²) in [5.74, 6) is 0.321. The molecule has 0 saturated carbocycles. The first-order valence-electron chi connectivity index (χ1n) is 6.81. The zero-order chi connectivity index (χ0) is 14.5. The van der Waals surface area contributed by atoms with E-state index in [4.69, 9.17) is 10.9 Å². The maximum absolute atomic E-state index is 8.84. The van der Waals surface area contributed by atoms with E-state index in [9.17, 15) is 0 Å². The molecule has 0 aromatic carbocycles. The van der Waals surface area contributed by atoms with Crippen molar-refractivity contribution in [2.75, 3.05) is 26.2 Å². The summed E-state index contributed by atoms with van der Waals surface area (Å²) in [4.78, 5) is 6.13. The number of oxime groups is 1. The van der Waals surface area contributed by atoms with Gasteiger partial charge in [0.25, 0.3) is 0 Å². The van der Waals surface area contributed by atoms with E-state index < -0.39 is 0 Å². The molecule has 3 N–H and O–H groups in total. The Morgan fingerprint density at radius 1 is 1.50 bits per heavy atom. The molecule has 1 atom stereocenters. The highest BCUT2D eigenvalue weighted by Gasteiger charge is 2.25. The van der Waals surface area contributed by atoms with Crippen LogP contribution in [0.15, 0.2) is 21.1 Å². The van der Waals surface area contributed by atoms with E-state index in [-0.39, 0.29) is 6.04 Å². The van der Waals surface area contributed by atoms with Gasteiger partial charge < -0.3 is 10.9 Å². The fourth-order valence-corrected chi connectivity index (χ4v) is 4.11. The van der Waals surface area contributed by atoms with Gasteiger partial charge in [0.15, 0.2) is 5.84 Å². The van der Waals surface area contributed by atoms with E-state index in [0.717, 1.165) is 39.1 Å². The van der Waals surface area contributed by atoms with Crippen molar-refractivity contribution in [3.63, 3.8) is 0 Å². The fourth-order valence-electron chi connectivity index (χ4n) is 2.60. The van der Waals surface area contributed by atoms with Gasteiger partial charge in [-0.15, -0.1) is 11.3 Å². The molecule has 5 nitrogen and oxygen atoms in total. The second kappa shape index (κ2) is 7.40. The van der Waals surface area contributed by atoms with E-state index in [1.807, 2.05) is 0 Å². The van der Waals surface area contributed by atoms with Crippen LogP contribution in [-0.4, -0.2) is 53.1 Å². The first-order chi connectivity index (χ1) is 9.65. The summed E-state index contributed by atoms with van der Waals surface area (Å²) in [5, 5.41) is 14.1. The number of halogens is 1. The lowest BCUT2D eigenvalue weighted by Gasteiger charge is -2.38. The number of hydrogen-bond donors (Lipinski definition) is 2. The summed E-state index contributed by atoms with van der Waals surface area (Å²) in [7, 11) is 0. The van der Waals surface area contributed by atoms with E-state index in [2.05, 4.69) is 49.3 Å². The van der Waals surface area contributed by atoms with Crippen LogP contribution in [0, 0.1) is 0 Å². The minimum Gasteiger partial charge on any atom is -0.409 e. The summed E-state index contributed by atoms with van der Waals surface area (Å²) in [6.07, 6.45) is 0.867. The highest BCUT2D eigenvalue weighted by atomic mass is 79.9. The lowest BCUT2D eigenvalue weighted by Crippen LogP contribution is -2.53. The van der Waals surface area contributed by atoms with Crippen LogP contribution in [0.4, 0.5) is 0 Å². The molecule has 2 heterocycles. The van der Waals surface area contributed by atoms with Gasteiger partial charge in [-0.05, 0) is 33.8 Å². The van der Waals surface area contributed by atoms with E-state index in [0.29, 0.717) is 5.84 Å². The molecule has 7 heteroatoms. The van der Waals surface area contributed by atoms with Crippen LogP contribution in [0.1, 0.15) is 18.2 Å². The van der Waals surface area contributed by atoms with Gasteiger partial charge in [0, 0.05) is 42.1 Å². The van der Waals surface area contributed by atoms with Crippen LogP contribution in [0.3, 0.4) is 0 Å². The summed E-state index contributed by atoms with van der Waals surface area (Å²) in [6, 6.07) is 2.15. The third kappa shape index (κ3) is 3.72. The van der Waals surface area contributed by atoms with Gasteiger partial charge in [-0.25, -0.2) is 0 Å². The number of rotatable bonds is 5. The summed E-state index contributed by atoms with van der Waals surface area (Å²) in [6.45, 7) is 7.00. The minimum atomic E-state index is 0.0515. The number of nitrogens with zero attached hydrogens (tertiary/aromatic N) is 3. The van der Waals surface area contributed by atoms with E-state index in [1.54, 1.807) is 11.3 Å². The molecule has 0 radical (unpaired) electrons. The topological polar surface area (TPSA) is 65.1 Å². The first-order valence-corrected chi connectivity index (χ1v) is 8.48. The van der Waals surface area contributed by atoms with Gasteiger partial charge in [-0.3, -0.25) is 9.80 Å². The highest BCUT2D eigenvalue weighted by Crippen LogP contribution is 2.24. The van der Waals surface area contributed by atoms with Crippen LogP contribution >= 0.6 is 27.3 Å². The predicted molar refractivity (Wildman–Crippen MR) is 86.4 cm³/mol. The van der Waals surface area contributed by atoms with Crippen molar-refractivity contribution in [3.8, 4) is 0 Å².